The molecule has 1 aromatic carbocycles. The van der Waals surface area contributed by atoms with Gasteiger partial charge < -0.3 is 5.32 Å². The van der Waals surface area contributed by atoms with Crippen LogP contribution in [0.25, 0.3) is 0 Å². The molecule has 0 amide bonds. The lowest BCUT2D eigenvalue weighted by Crippen LogP contribution is -2.36. The van der Waals surface area contributed by atoms with Gasteiger partial charge in [-0.05, 0) is 56.2 Å². The lowest BCUT2D eigenvalue weighted by Gasteiger charge is -2.23. The summed E-state index contributed by atoms with van der Waals surface area (Å²) in [5.74, 6) is 0. The fourth-order valence-corrected chi connectivity index (χ4v) is 2.42. The van der Waals surface area contributed by atoms with Gasteiger partial charge in [0, 0.05) is 6.04 Å². The number of rotatable bonds is 5. The van der Waals surface area contributed by atoms with Gasteiger partial charge in [0.15, 0.2) is 0 Å². The van der Waals surface area contributed by atoms with Crippen LogP contribution in [0.15, 0.2) is 24.3 Å². The Morgan fingerprint density at radius 2 is 1.94 bits per heavy atom. The molecule has 1 fully saturated rings. The molecule has 0 aliphatic carbocycles. The van der Waals surface area contributed by atoms with Crippen molar-refractivity contribution in [2.24, 2.45) is 0 Å². The Bertz CT molecular complexity index is 309. The first kappa shape index (κ1) is 12.6. The van der Waals surface area contributed by atoms with Gasteiger partial charge in [-0.1, -0.05) is 37.6 Å². The van der Waals surface area contributed by atoms with Crippen molar-refractivity contribution in [2.75, 3.05) is 6.54 Å². The molecule has 1 nitrogen and oxygen atoms in total. The van der Waals surface area contributed by atoms with Crippen LogP contribution in [0.3, 0.4) is 0 Å². The number of nitrogens with one attached hydrogen (secondary N) is 1. The Balaban J connectivity index is 1.84. The maximum atomic E-state index is 3.56. The van der Waals surface area contributed by atoms with E-state index in [9.17, 15) is 0 Å². The molecule has 1 saturated heterocycles. The number of aryl methyl sites for hydroxylation is 1. The van der Waals surface area contributed by atoms with E-state index < -0.39 is 0 Å². The third-order valence-electron chi connectivity index (χ3n) is 3.54. The molecule has 1 aliphatic rings. The first-order valence-electron chi connectivity index (χ1n) is 7.03. The van der Waals surface area contributed by atoms with Gasteiger partial charge in [0.05, 0.1) is 0 Å². The van der Waals surface area contributed by atoms with Crippen molar-refractivity contribution in [2.45, 2.75) is 51.5 Å². The van der Waals surface area contributed by atoms with Gasteiger partial charge >= 0.3 is 0 Å². The van der Waals surface area contributed by atoms with Crippen molar-refractivity contribution in [1.82, 2.24) is 5.32 Å². The van der Waals surface area contributed by atoms with Crippen LogP contribution in [-0.2, 0) is 12.8 Å². The summed E-state index contributed by atoms with van der Waals surface area (Å²) in [5.41, 5.74) is 2.94. The Morgan fingerprint density at radius 3 is 2.59 bits per heavy atom. The minimum absolute atomic E-state index is 0.588. The number of hydrogen-bond acceptors (Lipinski definition) is 1. The second-order valence-corrected chi connectivity index (χ2v) is 5.06. The van der Waals surface area contributed by atoms with Gasteiger partial charge in [0.25, 0.3) is 0 Å². The smallest absolute Gasteiger partial charge is 0.0139 e. The average Bonchev–Trinajstić information content (AvgIpc) is 2.39. The molecule has 1 heteroatoms. The lowest BCUT2D eigenvalue weighted by molar-refractivity contribution is 0.481. The van der Waals surface area contributed by atoms with E-state index in [4.69, 9.17) is 0 Å². The minimum atomic E-state index is 0.588. The molecule has 17 heavy (non-hydrogen) atoms. The molecule has 0 spiro atoms. The van der Waals surface area contributed by atoms with E-state index in [-0.39, 0.29) is 0 Å². The maximum absolute atomic E-state index is 3.56. The fraction of sp³-hybridized carbons (Fsp3) is 0.562. The molecule has 1 aromatic rings. The van der Waals surface area contributed by atoms with Crippen LogP contribution in [0.4, 0.5) is 0 Å². The minimum Gasteiger partial charge on any atom is -0.313 e. The van der Waals surface area contributed by atoms with Crippen LogP contribution in [-0.4, -0.2) is 12.6 Å². The van der Waals surface area contributed by atoms with Crippen LogP contribution < -0.4 is 5.32 Å². The summed E-state index contributed by atoms with van der Waals surface area (Å²) in [6.45, 7) is 3.43. The predicted molar refractivity (Wildman–Crippen MR) is 74.1 cm³/mol. The molecule has 1 heterocycles. The summed E-state index contributed by atoms with van der Waals surface area (Å²) in [5, 5.41) is 3.56. The zero-order valence-electron chi connectivity index (χ0n) is 10.9. The number of hydrogen-bond donors (Lipinski definition) is 1. The zero-order chi connectivity index (χ0) is 11.9. The largest absolute Gasteiger partial charge is 0.313 e. The summed E-state index contributed by atoms with van der Waals surface area (Å²) < 4.78 is 0. The molecule has 1 aliphatic heterocycles. The Hall–Kier alpha value is -0.820. The van der Waals surface area contributed by atoms with Crippen molar-refractivity contribution in [3.05, 3.63) is 41.8 Å². The first-order valence-corrected chi connectivity index (χ1v) is 7.03. The van der Waals surface area contributed by atoms with Crippen molar-refractivity contribution >= 4 is 0 Å². The molecule has 1 unspecified atom stereocenters. The van der Waals surface area contributed by atoms with Crippen LogP contribution >= 0.6 is 0 Å². The maximum Gasteiger partial charge on any atom is 0.0139 e. The van der Waals surface area contributed by atoms with E-state index in [2.05, 4.69) is 42.9 Å². The molecule has 0 aromatic heterocycles. The third-order valence-corrected chi connectivity index (χ3v) is 3.54. The second kappa shape index (κ2) is 6.80. The molecular formula is C16H24N. The second-order valence-electron chi connectivity index (χ2n) is 5.06. The predicted octanol–water partition coefficient (Wildman–Crippen LogP) is 3.53. The highest BCUT2D eigenvalue weighted by molar-refractivity contribution is 5.24. The van der Waals surface area contributed by atoms with Crippen LogP contribution in [0.1, 0.15) is 43.7 Å². The topological polar surface area (TPSA) is 12.0 Å². The normalized spacial score (nSPS) is 20.4. The van der Waals surface area contributed by atoms with Crippen LogP contribution in [0.2, 0.25) is 0 Å². The summed E-state index contributed by atoms with van der Waals surface area (Å²) in [7, 11) is 0. The molecule has 0 saturated carbocycles. The highest BCUT2D eigenvalue weighted by Crippen LogP contribution is 2.13. The van der Waals surface area contributed by atoms with E-state index in [1.165, 1.54) is 49.8 Å². The van der Waals surface area contributed by atoms with E-state index in [0.29, 0.717) is 6.04 Å². The molecule has 1 atom stereocenters. The van der Waals surface area contributed by atoms with Crippen LogP contribution in [0, 0.1) is 6.42 Å². The van der Waals surface area contributed by atoms with Crippen molar-refractivity contribution in [1.29, 1.82) is 0 Å². The van der Waals surface area contributed by atoms with E-state index >= 15 is 0 Å². The lowest BCUT2D eigenvalue weighted by atomic mass is 9.97. The SMILES string of the molecule is CCCCc1ccc(CC2[CH]CCCN2)cc1. The molecule has 1 radical (unpaired) electrons. The Labute approximate surface area is 106 Å². The Morgan fingerprint density at radius 1 is 1.18 bits per heavy atom. The van der Waals surface area contributed by atoms with Gasteiger partial charge in [0.1, 0.15) is 0 Å². The molecule has 93 valence electrons. The standard InChI is InChI=1S/C16H24N/c1-2-3-6-14-8-10-15(11-9-14)13-16-7-4-5-12-17-16/h7-11,16-17H,2-6,12-13H2,1H3. The number of benzene rings is 1. The summed E-state index contributed by atoms with van der Waals surface area (Å²) in [6, 6.07) is 9.79. The van der Waals surface area contributed by atoms with E-state index in [1.807, 2.05) is 0 Å². The van der Waals surface area contributed by atoms with Crippen molar-refractivity contribution in [3.63, 3.8) is 0 Å². The van der Waals surface area contributed by atoms with Crippen molar-refractivity contribution < 1.29 is 0 Å². The highest BCUT2D eigenvalue weighted by atomic mass is 14.9. The molecule has 2 rings (SSSR count). The van der Waals surface area contributed by atoms with E-state index in [0.717, 1.165) is 6.42 Å². The van der Waals surface area contributed by atoms with Crippen LogP contribution in [0.5, 0.6) is 0 Å². The molecule has 0 bridgehead atoms. The van der Waals surface area contributed by atoms with Gasteiger partial charge in [-0.3, -0.25) is 0 Å². The van der Waals surface area contributed by atoms with Gasteiger partial charge in [0.2, 0.25) is 0 Å². The fourth-order valence-electron chi connectivity index (χ4n) is 2.42. The average molecular weight is 230 g/mol. The van der Waals surface area contributed by atoms with Crippen molar-refractivity contribution in [3.8, 4) is 0 Å². The number of piperidine rings is 1. The quantitative estimate of drug-likeness (QED) is 0.816. The molecular weight excluding hydrogens is 206 g/mol. The number of unbranched alkanes of at least 4 members (excludes halogenated alkanes) is 1. The summed E-state index contributed by atoms with van der Waals surface area (Å²) >= 11 is 0. The summed E-state index contributed by atoms with van der Waals surface area (Å²) in [6.07, 6.45) is 9.95. The molecule has 1 N–H and O–H groups in total. The van der Waals surface area contributed by atoms with Gasteiger partial charge in [-0.2, -0.15) is 0 Å². The van der Waals surface area contributed by atoms with Gasteiger partial charge in [-0.15, -0.1) is 0 Å². The Kier molecular flexibility index (Phi) is 5.06. The summed E-state index contributed by atoms with van der Waals surface area (Å²) in [4.78, 5) is 0. The zero-order valence-corrected chi connectivity index (χ0v) is 10.9. The highest BCUT2D eigenvalue weighted by Gasteiger charge is 2.12. The first-order chi connectivity index (χ1) is 8.38. The van der Waals surface area contributed by atoms with Gasteiger partial charge in [-0.25, -0.2) is 0 Å². The monoisotopic (exact) mass is 230 g/mol. The van der Waals surface area contributed by atoms with E-state index in [1.54, 1.807) is 0 Å². The third kappa shape index (κ3) is 4.16.